The van der Waals surface area contributed by atoms with Gasteiger partial charge in [0.2, 0.25) is 0 Å². The van der Waals surface area contributed by atoms with Gasteiger partial charge in [0.1, 0.15) is 6.04 Å². The number of carboxylic acids is 1. The summed E-state index contributed by atoms with van der Waals surface area (Å²) in [6.07, 6.45) is 3.42. The lowest BCUT2D eigenvalue weighted by Gasteiger charge is -2.18. The number of rotatable bonds is 5. The van der Waals surface area contributed by atoms with E-state index in [4.69, 9.17) is 10.8 Å². The summed E-state index contributed by atoms with van der Waals surface area (Å²) in [6, 6.07) is 2.95. The van der Waals surface area contributed by atoms with Crippen LogP contribution >= 0.6 is 0 Å². The maximum atomic E-state index is 10.5. The van der Waals surface area contributed by atoms with E-state index >= 15 is 0 Å². The fraction of sp³-hybridized carbons (Fsp3) is 0.400. The molecule has 0 aliphatic heterocycles. The van der Waals surface area contributed by atoms with Crippen LogP contribution in [0, 0.1) is 0 Å². The summed E-state index contributed by atoms with van der Waals surface area (Å²) in [5.41, 5.74) is 6.51. The molecule has 0 aliphatic carbocycles. The van der Waals surface area contributed by atoms with Crippen LogP contribution in [0.3, 0.4) is 0 Å². The largest absolute Gasteiger partial charge is 0.480 e. The molecule has 1 rings (SSSR count). The fourth-order valence-corrected chi connectivity index (χ4v) is 1.28. The van der Waals surface area contributed by atoms with Gasteiger partial charge in [0.15, 0.2) is 0 Å². The lowest BCUT2D eigenvalue weighted by Crippen LogP contribution is -2.40. The molecule has 3 N–H and O–H groups in total. The molecule has 0 saturated carbocycles. The molecule has 0 fully saturated rings. The van der Waals surface area contributed by atoms with Crippen LogP contribution in [0.5, 0.6) is 0 Å². The number of hydrogen-bond acceptors (Lipinski definition) is 4. The zero-order chi connectivity index (χ0) is 11.3. The van der Waals surface area contributed by atoms with Gasteiger partial charge in [0.05, 0.1) is 0 Å². The molecule has 1 aromatic heterocycles. The van der Waals surface area contributed by atoms with Gasteiger partial charge in [0.25, 0.3) is 0 Å². The van der Waals surface area contributed by atoms with Gasteiger partial charge in [-0.25, -0.2) is 0 Å². The zero-order valence-corrected chi connectivity index (χ0v) is 8.63. The predicted octanol–water partition coefficient (Wildman–Crippen LogP) is -0.0747. The monoisotopic (exact) mass is 209 g/mol. The average Bonchev–Trinajstić information content (AvgIpc) is 2.18. The van der Waals surface area contributed by atoms with E-state index in [1.807, 2.05) is 24.1 Å². The molecule has 0 radical (unpaired) electrons. The third-order valence-corrected chi connectivity index (χ3v) is 2.03. The molecule has 0 bridgehead atoms. The Labute approximate surface area is 88.5 Å². The topological polar surface area (TPSA) is 79.5 Å². The first kappa shape index (κ1) is 11.6. The Balaban J connectivity index is 2.43. The van der Waals surface area contributed by atoms with Crippen LogP contribution in [-0.2, 0) is 11.3 Å². The van der Waals surface area contributed by atoms with Gasteiger partial charge in [-0.05, 0) is 24.7 Å². The Morgan fingerprint density at radius 2 is 2.20 bits per heavy atom. The first-order valence-electron chi connectivity index (χ1n) is 4.65. The highest BCUT2D eigenvalue weighted by atomic mass is 16.4. The summed E-state index contributed by atoms with van der Waals surface area (Å²) in [6.45, 7) is 1.00. The van der Waals surface area contributed by atoms with Crippen LogP contribution in [0.4, 0.5) is 0 Å². The Hall–Kier alpha value is -1.46. The number of nitrogens with zero attached hydrogens (tertiary/aromatic N) is 2. The van der Waals surface area contributed by atoms with Crippen LogP contribution in [0.2, 0.25) is 0 Å². The highest BCUT2D eigenvalue weighted by Gasteiger charge is 2.13. The summed E-state index contributed by atoms with van der Waals surface area (Å²) in [5, 5.41) is 8.64. The lowest BCUT2D eigenvalue weighted by atomic mass is 10.2. The minimum Gasteiger partial charge on any atom is -0.480 e. The minimum absolute atomic E-state index is 0.331. The highest BCUT2D eigenvalue weighted by Crippen LogP contribution is 2.01. The Kier molecular flexibility index (Phi) is 4.20. The van der Waals surface area contributed by atoms with E-state index in [-0.39, 0.29) is 0 Å². The Bertz CT molecular complexity index is 316. The third kappa shape index (κ3) is 4.05. The molecule has 5 heteroatoms. The van der Waals surface area contributed by atoms with Crippen molar-refractivity contribution in [2.45, 2.75) is 12.6 Å². The van der Waals surface area contributed by atoms with Crippen molar-refractivity contribution < 1.29 is 9.90 Å². The molecule has 1 aromatic rings. The van der Waals surface area contributed by atoms with E-state index in [1.165, 1.54) is 0 Å². The van der Waals surface area contributed by atoms with Crippen molar-refractivity contribution in [2.75, 3.05) is 13.6 Å². The lowest BCUT2D eigenvalue weighted by molar-refractivity contribution is -0.138. The maximum Gasteiger partial charge on any atom is 0.321 e. The third-order valence-electron chi connectivity index (χ3n) is 2.03. The molecular weight excluding hydrogens is 194 g/mol. The number of nitrogens with two attached hydrogens (primary N) is 1. The van der Waals surface area contributed by atoms with Crippen molar-refractivity contribution in [3.05, 3.63) is 30.1 Å². The second-order valence-electron chi connectivity index (χ2n) is 3.50. The molecule has 0 aliphatic rings. The summed E-state index contributed by atoms with van der Waals surface area (Å²) >= 11 is 0. The second-order valence-corrected chi connectivity index (χ2v) is 3.50. The smallest absolute Gasteiger partial charge is 0.321 e. The van der Waals surface area contributed by atoms with Crippen molar-refractivity contribution in [3.63, 3.8) is 0 Å². The summed E-state index contributed by atoms with van der Waals surface area (Å²) in [5.74, 6) is -0.975. The summed E-state index contributed by atoms with van der Waals surface area (Å²) in [7, 11) is 1.84. The van der Waals surface area contributed by atoms with Crippen LogP contribution in [-0.4, -0.2) is 40.6 Å². The van der Waals surface area contributed by atoms with Gasteiger partial charge in [-0.3, -0.25) is 14.7 Å². The number of likely N-dealkylation sites (N-methyl/N-ethyl adjacent to an activating group) is 1. The number of carbonyl (C=O) groups is 1. The first-order chi connectivity index (χ1) is 7.09. The normalized spacial score (nSPS) is 12.7. The molecule has 0 saturated heterocycles. The average molecular weight is 209 g/mol. The summed E-state index contributed by atoms with van der Waals surface area (Å²) < 4.78 is 0. The van der Waals surface area contributed by atoms with E-state index in [9.17, 15) is 4.79 Å². The molecular formula is C10H15N3O2. The SMILES string of the molecule is CN(Cc1ccncc1)CC(N)C(=O)O. The van der Waals surface area contributed by atoms with Crippen molar-refractivity contribution in [2.24, 2.45) is 5.73 Å². The Morgan fingerprint density at radius 3 is 2.73 bits per heavy atom. The standard InChI is InChI=1S/C10H15N3O2/c1-13(7-9(11)10(14)15)6-8-2-4-12-5-3-8/h2-5,9H,6-7,11H2,1H3,(H,14,15). The molecule has 1 atom stereocenters. The zero-order valence-electron chi connectivity index (χ0n) is 8.63. The van der Waals surface area contributed by atoms with Crippen LogP contribution < -0.4 is 5.73 Å². The van der Waals surface area contributed by atoms with Crippen molar-refractivity contribution in [1.82, 2.24) is 9.88 Å². The number of aromatic nitrogens is 1. The van der Waals surface area contributed by atoms with Gasteiger partial charge in [-0.2, -0.15) is 0 Å². The van der Waals surface area contributed by atoms with Crippen molar-refractivity contribution >= 4 is 5.97 Å². The molecule has 0 spiro atoms. The molecule has 0 aromatic carbocycles. The molecule has 0 amide bonds. The van der Waals surface area contributed by atoms with E-state index in [2.05, 4.69) is 4.98 Å². The molecule has 1 heterocycles. The summed E-state index contributed by atoms with van der Waals surface area (Å²) in [4.78, 5) is 16.3. The van der Waals surface area contributed by atoms with Crippen LogP contribution in [0.15, 0.2) is 24.5 Å². The number of hydrogen-bond donors (Lipinski definition) is 2. The van der Waals surface area contributed by atoms with E-state index in [1.54, 1.807) is 12.4 Å². The van der Waals surface area contributed by atoms with Gasteiger partial charge in [-0.15, -0.1) is 0 Å². The number of pyridine rings is 1. The predicted molar refractivity (Wildman–Crippen MR) is 56.2 cm³/mol. The Morgan fingerprint density at radius 1 is 1.60 bits per heavy atom. The quantitative estimate of drug-likeness (QED) is 0.709. The van der Waals surface area contributed by atoms with Crippen LogP contribution in [0.25, 0.3) is 0 Å². The number of aliphatic carboxylic acids is 1. The van der Waals surface area contributed by atoms with Crippen LogP contribution in [0.1, 0.15) is 5.56 Å². The maximum absolute atomic E-state index is 10.5. The van der Waals surface area contributed by atoms with Gasteiger partial charge < -0.3 is 10.8 Å². The second kappa shape index (κ2) is 5.43. The van der Waals surface area contributed by atoms with Crippen molar-refractivity contribution in [3.8, 4) is 0 Å². The molecule has 15 heavy (non-hydrogen) atoms. The van der Waals surface area contributed by atoms with Gasteiger partial charge in [0, 0.05) is 25.5 Å². The van der Waals surface area contributed by atoms with Crippen molar-refractivity contribution in [1.29, 1.82) is 0 Å². The molecule has 82 valence electrons. The highest BCUT2D eigenvalue weighted by molar-refractivity contribution is 5.73. The number of carboxylic acid groups (broad SMARTS) is 1. The first-order valence-corrected chi connectivity index (χ1v) is 4.65. The molecule has 1 unspecified atom stereocenters. The van der Waals surface area contributed by atoms with E-state index in [0.29, 0.717) is 13.1 Å². The van der Waals surface area contributed by atoms with E-state index in [0.717, 1.165) is 5.56 Å². The minimum atomic E-state index is -0.975. The molecule has 5 nitrogen and oxygen atoms in total. The fourth-order valence-electron chi connectivity index (χ4n) is 1.28. The van der Waals surface area contributed by atoms with E-state index < -0.39 is 12.0 Å². The van der Waals surface area contributed by atoms with Gasteiger partial charge in [-0.1, -0.05) is 0 Å². The van der Waals surface area contributed by atoms with Gasteiger partial charge >= 0.3 is 5.97 Å².